The lowest BCUT2D eigenvalue weighted by molar-refractivity contribution is 0.112. The Labute approximate surface area is 84.8 Å². The van der Waals surface area contributed by atoms with Gasteiger partial charge >= 0.3 is 0 Å². The number of rotatable bonds is 1. The molecule has 2 nitrogen and oxygen atoms in total. The van der Waals surface area contributed by atoms with Crippen LogP contribution in [0.1, 0.15) is 10.4 Å². The first kappa shape index (κ1) is 8.59. The Morgan fingerprint density at radius 3 is 2.92 bits per heavy atom. The molecule has 0 spiro atoms. The van der Waals surface area contributed by atoms with Gasteiger partial charge in [0.2, 0.25) is 0 Å². The van der Waals surface area contributed by atoms with Crippen molar-refractivity contribution in [3.8, 4) is 0 Å². The van der Waals surface area contributed by atoms with E-state index in [1.54, 1.807) is 17.4 Å². The molecule has 0 aliphatic carbocycles. The SMILES string of the molecule is Nc1cc(C=O)cc2scc(S)c12. The minimum Gasteiger partial charge on any atom is -0.398 e. The van der Waals surface area contributed by atoms with E-state index in [1.165, 1.54) is 0 Å². The number of hydrogen-bond donors (Lipinski definition) is 2. The van der Waals surface area contributed by atoms with Gasteiger partial charge in [-0.1, -0.05) is 0 Å². The van der Waals surface area contributed by atoms with E-state index in [4.69, 9.17) is 5.73 Å². The second kappa shape index (κ2) is 3.05. The zero-order chi connectivity index (χ0) is 9.42. The van der Waals surface area contributed by atoms with Crippen molar-refractivity contribution in [3.63, 3.8) is 0 Å². The molecule has 0 saturated heterocycles. The van der Waals surface area contributed by atoms with Crippen molar-refractivity contribution in [1.29, 1.82) is 0 Å². The number of hydrogen-bond acceptors (Lipinski definition) is 4. The minimum atomic E-state index is 0.611. The number of anilines is 1. The lowest BCUT2D eigenvalue weighted by atomic mass is 10.1. The highest BCUT2D eigenvalue weighted by molar-refractivity contribution is 7.80. The molecule has 13 heavy (non-hydrogen) atoms. The van der Waals surface area contributed by atoms with Crippen LogP contribution in [0.2, 0.25) is 0 Å². The summed E-state index contributed by atoms with van der Waals surface area (Å²) in [7, 11) is 0. The maximum atomic E-state index is 10.5. The van der Waals surface area contributed by atoms with Crippen molar-refractivity contribution in [3.05, 3.63) is 23.1 Å². The molecule has 0 atom stereocenters. The number of nitrogen functional groups attached to an aromatic ring is 1. The van der Waals surface area contributed by atoms with Crippen LogP contribution in [-0.4, -0.2) is 6.29 Å². The molecule has 66 valence electrons. The molecule has 1 aromatic carbocycles. The zero-order valence-electron chi connectivity index (χ0n) is 6.65. The Kier molecular flexibility index (Phi) is 2.01. The third-order valence-electron chi connectivity index (χ3n) is 1.84. The van der Waals surface area contributed by atoms with E-state index in [-0.39, 0.29) is 0 Å². The smallest absolute Gasteiger partial charge is 0.150 e. The number of aldehydes is 1. The number of thiol groups is 1. The van der Waals surface area contributed by atoms with Crippen LogP contribution >= 0.6 is 24.0 Å². The highest BCUT2D eigenvalue weighted by atomic mass is 32.1. The first-order chi connectivity index (χ1) is 6.22. The monoisotopic (exact) mass is 209 g/mol. The number of fused-ring (bicyclic) bond motifs is 1. The summed E-state index contributed by atoms with van der Waals surface area (Å²) < 4.78 is 1.01. The third kappa shape index (κ3) is 1.32. The van der Waals surface area contributed by atoms with Gasteiger partial charge in [-0.15, -0.1) is 24.0 Å². The highest BCUT2D eigenvalue weighted by Crippen LogP contribution is 2.33. The zero-order valence-corrected chi connectivity index (χ0v) is 8.36. The largest absolute Gasteiger partial charge is 0.398 e. The normalized spacial score (nSPS) is 10.5. The molecule has 1 heterocycles. The van der Waals surface area contributed by atoms with E-state index < -0.39 is 0 Å². The summed E-state index contributed by atoms with van der Waals surface area (Å²) in [6.45, 7) is 0. The van der Waals surface area contributed by atoms with E-state index in [0.717, 1.165) is 21.3 Å². The molecule has 2 aromatic rings. The lowest BCUT2D eigenvalue weighted by Gasteiger charge is -1.98. The van der Waals surface area contributed by atoms with E-state index in [2.05, 4.69) is 12.6 Å². The average Bonchev–Trinajstić information content (AvgIpc) is 2.48. The molecule has 0 fully saturated rings. The van der Waals surface area contributed by atoms with Crippen LogP contribution in [-0.2, 0) is 0 Å². The quantitative estimate of drug-likeness (QED) is 0.430. The van der Waals surface area contributed by atoms with E-state index in [0.29, 0.717) is 11.3 Å². The molecule has 0 amide bonds. The molecular formula is C9H7NOS2. The molecule has 0 saturated carbocycles. The summed E-state index contributed by atoms with van der Waals surface area (Å²) in [5, 5.41) is 2.86. The second-order valence-corrected chi connectivity index (χ2v) is 4.12. The molecule has 1 aromatic heterocycles. The Bertz CT molecular complexity index is 476. The maximum absolute atomic E-state index is 10.5. The second-order valence-electron chi connectivity index (χ2n) is 2.72. The standard InChI is InChI=1S/C9H7NOS2/c10-6-1-5(3-11)2-8-9(6)7(12)4-13-8/h1-4,12H,10H2. The van der Waals surface area contributed by atoms with Crippen molar-refractivity contribution >= 4 is 46.0 Å². The van der Waals surface area contributed by atoms with Crippen LogP contribution in [0.25, 0.3) is 10.1 Å². The Hall–Kier alpha value is -1.00. The van der Waals surface area contributed by atoms with E-state index in [1.807, 2.05) is 11.4 Å². The van der Waals surface area contributed by atoms with Gasteiger partial charge in [-0.05, 0) is 12.1 Å². The van der Waals surface area contributed by atoms with Gasteiger partial charge in [0.05, 0.1) is 0 Å². The lowest BCUT2D eigenvalue weighted by Crippen LogP contribution is -1.88. The van der Waals surface area contributed by atoms with Gasteiger partial charge in [-0.25, -0.2) is 0 Å². The van der Waals surface area contributed by atoms with Gasteiger partial charge in [-0.3, -0.25) is 4.79 Å². The first-order valence-electron chi connectivity index (χ1n) is 3.67. The van der Waals surface area contributed by atoms with Crippen LogP contribution in [0.15, 0.2) is 22.4 Å². The average molecular weight is 209 g/mol. The number of carbonyl (C=O) groups excluding carboxylic acids is 1. The Balaban J connectivity index is 2.86. The van der Waals surface area contributed by atoms with Crippen molar-refractivity contribution in [2.24, 2.45) is 0 Å². The highest BCUT2D eigenvalue weighted by Gasteiger charge is 2.05. The summed E-state index contributed by atoms with van der Waals surface area (Å²) >= 11 is 5.82. The van der Waals surface area contributed by atoms with E-state index in [9.17, 15) is 4.79 Å². The maximum Gasteiger partial charge on any atom is 0.150 e. The fourth-order valence-electron chi connectivity index (χ4n) is 1.27. The number of carbonyl (C=O) groups is 1. The molecule has 0 bridgehead atoms. The van der Waals surface area contributed by atoms with Gasteiger partial charge < -0.3 is 5.73 Å². The first-order valence-corrected chi connectivity index (χ1v) is 5.00. The van der Waals surface area contributed by atoms with Crippen molar-refractivity contribution in [1.82, 2.24) is 0 Å². The summed E-state index contributed by atoms with van der Waals surface area (Å²) in [6.07, 6.45) is 0.799. The minimum absolute atomic E-state index is 0.611. The summed E-state index contributed by atoms with van der Waals surface area (Å²) in [4.78, 5) is 11.4. The summed E-state index contributed by atoms with van der Waals surface area (Å²) in [5.74, 6) is 0. The molecule has 4 heteroatoms. The van der Waals surface area contributed by atoms with Gasteiger partial charge in [0, 0.05) is 31.6 Å². The third-order valence-corrected chi connectivity index (χ3v) is 3.30. The van der Waals surface area contributed by atoms with Gasteiger partial charge in [0.15, 0.2) is 0 Å². The molecule has 0 unspecified atom stereocenters. The number of benzene rings is 1. The molecule has 0 aliphatic heterocycles. The van der Waals surface area contributed by atoms with Crippen molar-refractivity contribution in [2.75, 3.05) is 5.73 Å². The molecule has 0 radical (unpaired) electrons. The number of thiophene rings is 1. The summed E-state index contributed by atoms with van der Waals surface area (Å²) in [5.41, 5.74) is 7.00. The van der Waals surface area contributed by atoms with Crippen LogP contribution in [0.3, 0.4) is 0 Å². The van der Waals surface area contributed by atoms with Crippen LogP contribution < -0.4 is 5.73 Å². The summed E-state index contributed by atoms with van der Waals surface area (Å²) in [6, 6.07) is 3.49. The fourth-order valence-corrected chi connectivity index (χ4v) is 2.66. The van der Waals surface area contributed by atoms with Crippen molar-refractivity contribution in [2.45, 2.75) is 4.90 Å². The van der Waals surface area contributed by atoms with Crippen LogP contribution in [0.4, 0.5) is 5.69 Å². The van der Waals surface area contributed by atoms with Crippen LogP contribution in [0.5, 0.6) is 0 Å². The Morgan fingerprint density at radius 1 is 1.46 bits per heavy atom. The fraction of sp³-hybridized carbons (Fsp3) is 0. The molecule has 0 aliphatic rings. The van der Waals surface area contributed by atoms with E-state index >= 15 is 0 Å². The molecule has 2 rings (SSSR count). The van der Waals surface area contributed by atoms with Crippen LogP contribution in [0, 0.1) is 0 Å². The van der Waals surface area contributed by atoms with Gasteiger partial charge in [-0.2, -0.15) is 0 Å². The topological polar surface area (TPSA) is 43.1 Å². The molecule has 2 N–H and O–H groups in total. The number of nitrogens with two attached hydrogens (primary N) is 1. The van der Waals surface area contributed by atoms with Gasteiger partial charge in [0.1, 0.15) is 6.29 Å². The van der Waals surface area contributed by atoms with Gasteiger partial charge in [0.25, 0.3) is 0 Å². The Morgan fingerprint density at radius 2 is 2.23 bits per heavy atom. The molecular weight excluding hydrogens is 202 g/mol. The predicted molar refractivity (Wildman–Crippen MR) is 58.9 cm³/mol. The van der Waals surface area contributed by atoms with Crippen molar-refractivity contribution < 1.29 is 4.79 Å². The predicted octanol–water partition coefficient (Wildman–Crippen LogP) is 2.58.